The van der Waals surface area contributed by atoms with Crippen LogP contribution in [0, 0.1) is 13.8 Å². The van der Waals surface area contributed by atoms with Gasteiger partial charge >= 0.3 is 0 Å². The second-order valence-corrected chi connectivity index (χ2v) is 6.43. The van der Waals surface area contributed by atoms with Crippen LogP contribution in [0.4, 0.5) is 0 Å². The number of carbonyl (C=O) groups excluding carboxylic acids is 1. The smallest absolute Gasteiger partial charge is 0.261 e. The number of thioether (sulfide) groups is 1. The molecule has 0 aliphatic rings. The molecular weight excluding hydrogens is 274 g/mol. The van der Waals surface area contributed by atoms with Crippen LogP contribution in [0.3, 0.4) is 0 Å². The molecule has 0 atom stereocenters. The standard InChI is InChI=1S/C15H17NOS2/c1-11-3-5-13(6-4-11)18-10-8-16-15(17)14-12(2)7-9-19-14/h3-7,9H,8,10H2,1-2H3,(H,16,17). The molecule has 100 valence electrons. The van der Waals surface area contributed by atoms with Gasteiger partial charge in [0.2, 0.25) is 0 Å². The predicted molar refractivity (Wildman–Crippen MR) is 83.3 cm³/mol. The minimum atomic E-state index is 0.0389. The summed E-state index contributed by atoms with van der Waals surface area (Å²) in [5.41, 5.74) is 2.32. The summed E-state index contributed by atoms with van der Waals surface area (Å²) in [6.45, 7) is 4.74. The fourth-order valence-corrected chi connectivity index (χ4v) is 3.26. The lowest BCUT2D eigenvalue weighted by atomic mass is 10.2. The van der Waals surface area contributed by atoms with Gasteiger partial charge in [-0.25, -0.2) is 0 Å². The van der Waals surface area contributed by atoms with Gasteiger partial charge in [0.25, 0.3) is 5.91 Å². The normalized spacial score (nSPS) is 10.4. The second kappa shape index (κ2) is 6.78. The fraction of sp³-hybridized carbons (Fsp3) is 0.267. The molecule has 1 amide bonds. The van der Waals surface area contributed by atoms with Gasteiger partial charge in [-0.05, 0) is 43.0 Å². The van der Waals surface area contributed by atoms with Crippen LogP contribution in [0.5, 0.6) is 0 Å². The number of aryl methyl sites for hydroxylation is 2. The molecule has 0 saturated carbocycles. The predicted octanol–water partition coefficient (Wildman–Crippen LogP) is 3.89. The Morgan fingerprint density at radius 1 is 1.21 bits per heavy atom. The summed E-state index contributed by atoms with van der Waals surface area (Å²) in [4.78, 5) is 13.9. The minimum Gasteiger partial charge on any atom is -0.350 e. The summed E-state index contributed by atoms with van der Waals surface area (Å²) < 4.78 is 0. The third kappa shape index (κ3) is 4.11. The first-order valence-electron chi connectivity index (χ1n) is 6.18. The maximum Gasteiger partial charge on any atom is 0.261 e. The zero-order valence-corrected chi connectivity index (χ0v) is 12.7. The molecule has 0 bridgehead atoms. The molecule has 0 aliphatic heterocycles. The number of nitrogens with one attached hydrogen (secondary N) is 1. The molecule has 0 unspecified atom stereocenters. The van der Waals surface area contributed by atoms with Crippen LogP contribution in [-0.4, -0.2) is 18.2 Å². The zero-order chi connectivity index (χ0) is 13.7. The number of hydrogen-bond donors (Lipinski definition) is 1. The Kier molecular flexibility index (Phi) is 5.05. The van der Waals surface area contributed by atoms with Crippen molar-refractivity contribution in [1.29, 1.82) is 0 Å². The molecule has 2 rings (SSSR count). The average Bonchev–Trinajstić information content (AvgIpc) is 2.83. The Morgan fingerprint density at radius 3 is 2.58 bits per heavy atom. The molecule has 0 radical (unpaired) electrons. The molecule has 19 heavy (non-hydrogen) atoms. The van der Waals surface area contributed by atoms with Crippen molar-refractivity contribution in [3.8, 4) is 0 Å². The summed E-state index contributed by atoms with van der Waals surface area (Å²) in [5.74, 6) is 0.927. The molecule has 0 fully saturated rings. The molecule has 1 aromatic carbocycles. The van der Waals surface area contributed by atoms with E-state index in [1.165, 1.54) is 21.8 Å². The molecule has 1 aromatic heterocycles. The molecule has 2 aromatic rings. The van der Waals surface area contributed by atoms with Gasteiger partial charge in [-0.15, -0.1) is 23.1 Å². The summed E-state index contributed by atoms with van der Waals surface area (Å²) in [5, 5.41) is 4.91. The Hall–Kier alpha value is -1.26. The maximum absolute atomic E-state index is 11.9. The van der Waals surface area contributed by atoms with Gasteiger partial charge in [0.15, 0.2) is 0 Å². The van der Waals surface area contributed by atoms with Crippen molar-refractivity contribution in [1.82, 2.24) is 5.32 Å². The molecule has 4 heteroatoms. The highest BCUT2D eigenvalue weighted by atomic mass is 32.2. The van der Waals surface area contributed by atoms with E-state index in [2.05, 4.69) is 36.5 Å². The molecule has 1 N–H and O–H groups in total. The third-order valence-electron chi connectivity index (χ3n) is 2.75. The van der Waals surface area contributed by atoms with Crippen molar-refractivity contribution >= 4 is 29.0 Å². The van der Waals surface area contributed by atoms with E-state index in [0.717, 1.165) is 16.2 Å². The van der Waals surface area contributed by atoms with E-state index in [1.54, 1.807) is 11.8 Å². The van der Waals surface area contributed by atoms with Crippen LogP contribution in [0.25, 0.3) is 0 Å². The van der Waals surface area contributed by atoms with Crippen molar-refractivity contribution in [2.24, 2.45) is 0 Å². The van der Waals surface area contributed by atoms with Crippen LogP contribution in [-0.2, 0) is 0 Å². The molecule has 1 heterocycles. The quantitative estimate of drug-likeness (QED) is 0.669. The number of amides is 1. The Labute approximate surface area is 122 Å². The van der Waals surface area contributed by atoms with Crippen molar-refractivity contribution in [3.05, 3.63) is 51.7 Å². The summed E-state index contributed by atoms with van der Waals surface area (Å²) in [6.07, 6.45) is 0. The highest BCUT2D eigenvalue weighted by molar-refractivity contribution is 7.99. The van der Waals surface area contributed by atoms with Gasteiger partial charge in [0.05, 0.1) is 4.88 Å². The van der Waals surface area contributed by atoms with Crippen molar-refractivity contribution in [3.63, 3.8) is 0 Å². The monoisotopic (exact) mass is 291 g/mol. The highest BCUT2D eigenvalue weighted by Gasteiger charge is 2.09. The van der Waals surface area contributed by atoms with Gasteiger partial charge in [-0.2, -0.15) is 0 Å². The highest BCUT2D eigenvalue weighted by Crippen LogP contribution is 2.18. The van der Waals surface area contributed by atoms with Crippen LogP contribution in [0.15, 0.2) is 40.6 Å². The molecule has 0 spiro atoms. The second-order valence-electron chi connectivity index (χ2n) is 4.35. The van der Waals surface area contributed by atoms with Crippen LogP contribution in [0.2, 0.25) is 0 Å². The van der Waals surface area contributed by atoms with Gasteiger partial charge in [-0.1, -0.05) is 17.7 Å². The van der Waals surface area contributed by atoms with E-state index < -0.39 is 0 Å². The summed E-state index contributed by atoms with van der Waals surface area (Å²) in [6, 6.07) is 10.4. The Bertz CT molecular complexity index is 546. The van der Waals surface area contributed by atoms with Gasteiger partial charge in [0, 0.05) is 17.2 Å². The van der Waals surface area contributed by atoms with E-state index in [-0.39, 0.29) is 5.91 Å². The van der Waals surface area contributed by atoms with Gasteiger partial charge in [-0.3, -0.25) is 4.79 Å². The van der Waals surface area contributed by atoms with Crippen molar-refractivity contribution in [2.45, 2.75) is 18.7 Å². The lowest BCUT2D eigenvalue weighted by molar-refractivity contribution is 0.0959. The fourth-order valence-electron chi connectivity index (χ4n) is 1.65. The maximum atomic E-state index is 11.9. The largest absolute Gasteiger partial charge is 0.350 e. The lowest BCUT2D eigenvalue weighted by Crippen LogP contribution is -2.25. The van der Waals surface area contributed by atoms with Crippen molar-refractivity contribution in [2.75, 3.05) is 12.3 Å². The first-order valence-corrected chi connectivity index (χ1v) is 8.05. The molecule has 2 nitrogen and oxygen atoms in total. The average molecular weight is 291 g/mol. The van der Waals surface area contributed by atoms with Gasteiger partial charge < -0.3 is 5.32 Å². The van der Waals surface area contributed by atoms with E-state index in [1.807, 2.05) is 18.4 Å². The summed E-state index contributed by atoms with van der Waals surface area (Å²) in [7, 11) is 0. The summed E-state index contributed by atoms with van der Waals surface area (Å²) >= 11 is 3.26. The van der Waals surface area contributed by atoms with Crippen LogP contribution >= 0.6 is 23.1 Å². The zero-order valence-electron chi connectivity index (χ0n) is 11.1. The third-order valence-corrected chi connectivity index (χ3v) is 4.77. The molecular formula is C15H17NOS2. The topological polar surface area (TPSA) is 29.1 Å². The lowest BCUT2D eigenvalue weighted by Gasteiger charge is -2.05. The van der Waals surface area contributed by atoms with Gasteiger partial charge in [0.1, 0.15) is 0 Å². The first kappa shape index (κ1) is 14.2. The Morgan fingerprint density at radius 2 is 1.95 bits per heavy atom. The number of rotatable bonds is 5. The van der Waals surface area contributed by atoms with Crippen molar-refractivity contribution < 1.29 is 4.79 Å². The minimum absolute atomic E-state index is 0.0389. The molecule has 0 saturated heterocycles. The van der Waals surface area contributed by atoms with Crippen LogP contribution in [0.1, 0.15) is 20.8 Å². The molecule has 0 aliphatic carbocycles. The van der Waals surface area contributed by atoms with Crippen LogP contribution < -0.4 is 5.32 Å². The van der Waals surface area contributed by atoms with E-state index in [0.29, 0.717) is 6.54 Å². The number of thiophene rings is 1. The number of carbonyl (C=O) groups is 1. The van der Waals surface area contributed by atoms with E-state index in [4.69, 9.17) is 0 Å². The first-order chi connectivity index (χ1) is 9.16. The SMILES string of the molecule is Cc1ccc(SCCNC(=O)c2sccc2C)cc1. The van der Waals surface area contributed by atoms with E-state index >= 15 is 0 Å². The Balaban J connectivity index is 1.74. The number of hydrogen-bond acceptors (Lipinski definition) is 3. The van der Waals surface area contributed by atoms with E-state index in [9.17, 15) is 4.79 Å². The number of benzene rings is 1.